The summed E-state index contributed by atoms with van der Waals surface area (Å²) in [6.07, 6.45) is 8.14. The summed E-state index contributed by atoms with van der Waals surface area (Å²) in [7, 11) is -3.00. The second-order valence-electron chi connectivity index (χ2n) is 6.63. The van der Waals surface area contributed by atoms with Crippen molar-refractivity contribution in [3.63, 3.8) is 0 Å². The van der Waals surface area contributed by atoms with Gasteiger partial charge in [0.2, 0.25) is 5.91 Å². The van der Waals surface area contributed by atoms with Gasteiger partial charge < -0.3 is 4.90 Å². The summed E-state index contributed by atoms with van der Waals surface area (Å²) in [6.45, 7) is 0. The standard InChI is InChI=1S/C18H22BrNO3S/c19-15-5-3-4-14(12-15)8-9-18(21)20(16-6-1-2-7-16)17-10-11-24(22,23)13-17/h3-5,8-9,12,16-17H,1-2,6-7,10-11,13H2/b9-8+. The van der Waals surface area contributed by atoms with Crippen molar-refractivity contribution in [1.82, 2.24) is 4.90 Å². The van der Waals surface area contributed by atoms with Crippen LogP contribution < -0.4 is 0 Å². The molecule has 1 saturated carbocycles. The molecule has 1 aromatic carbocycles. The lowest BCUT2D eigenvalue weighted by molar-refractivity contribution is -0.130. The Bertz CT molecular complexity index is 738. The van der Waals surface area contributed by atoms with Crippen molar-refractivity contribution in [2.24, 2.45) is 0 Å². The lowest BCUT2D eigenvalue weighted by Gasteiger charge is -2.33. The minimum absolute atomic E-state index is 0.0658. The molecule has 1 amide bonds. The van der Waals surface area contributed by atoms with E-state index < -0.39 is 9.84 Å². The third kappa shape index (κ3) is 4.28. The van der Waals surface area contributed by atoms with Gasteiger partial charge in [-0.25, -0.2) is 8.42 Å². The Morgan fingerprint density at radius 1 is 1.17 bits per heavy atom. The highest BCUT2D eigenvalue weighted by Gasteiger charge is 2.38. The smallest absolute Gasteiger partial charge is 0.247 e. The molecular formula is C18H22BrNO3S. The van der Waals surface area contributed by atoms with Gasteiger partial charge >= 0.3 is 0 Å². The summed E-state index contributed by atoms with van der Waals surface area (Å²) >= 11 is 3.42. The van der Waals surface area contributed by atoms with Gasteiger partial charge in [-0.2, -0.15) is 0 Å². The molecule has 130 valence electrons. The van der Waals surface area contributed by atoms with Gasteiger partial charge in [-0.1, -0.05) is 40.9 Å². The molecule has 24 heavy (non-hydrogen) atoms. The summed E-state index contributed by atoms with van der Waals surface area (Å²) in [5, 5.41) is 0. The van der Waals surface area contributed by atoms with Crippen LogP contribution in [0.1, 0.15) is 37.7 Å². The predicted molar refractivity (Wildman–Crippen MR) is 99.3 cm³/mol. The second kappa shape index (κ2) is 7.40. The molecule has 1 aromatic rings. The predicted octanol–water partition coefficient (Wildman–Crippen LogP) is 3.42. The van der Waals surface area contributed by atoms with Crippen molar-refractivity contribution >= 4 is 37.8 Å². The largest absolute Gasteiger partial charge is 0.332 e. The van der Waals surface area contributed by atoms with Gasteiger partial charge in [0, 0.05) is 22.6 Å². The van der Waals surface area contributed by atoms with Crippen LogP contribution in [0.2, 0.25) is 0 Å². The van der Waals surface area contributed by atoms with E-state index in [4.69, 9.17) is 0 Å². The molecule has 1 aliphatic carbocycles. The number of amides is 1. The first-order valence-electron chi connectivity index (χ1n) is 8.41. The highest BCUT2D eigenvalue weighted by molar-refractivity contribution is 9.10. The van der Waals surface area contributed by atoms with Crippen LogP contribution in [0.15, 0.2) is 34.8 Å². The van der Waals surface area contributed by atoms with Gasteiger partial charge in [0.1, 0.15) is 0 Å². The fourth-order valence-corrected chi connectivity index (χ4v) is 5.83. The molecule has 4 nitrogen and oxygen atoms in total. The molecule has 0 spiro atoms. The maximum absolute atomic E-state index is 12.8. The van der Waals surface area contributed by atoms with Gasteiger partial charge in [0.15, 0.2) is 9.84 Å². The summed E-state index contributed by atoms with van der Waals surface area (Å²) in [4.78, 5) is 14.7. The van der Waals surface area contributed by atoms with Crippen molar-refractivity contribution in [3.8, 4) is 0 Å². The van der Waals surface area contributed by atoms with Crippen LogP contribution in [-0.4, -0.2) is 42.8 Å². The Balaban J connectivity index is 1.78. The fourth-order valence-electron chi connectivity index (χ4n) is 3.70. The van der Waals surface area contributed by atoms with Crippen molar-refractivity contribution in [2.75, 3.05) is 11.5 Å². The number of carbonyl (C=O) groups is 1. The molecule has 2 aliphatic rings. The van der Waals surface area contributed by atoms with Gasteiger partial charge in [-0.05, 0) is 43.0 Å². The minimum atomic E-state index is -3.00. The summed E-state index contributed by atoms with van der Waals surface area (Å²) in [5.41, 5.74) is 0.947. The third-order valence-electron chi connectivity index (χ3n) is 4.84. The average molecular weight is 412 g/mol. The number of sulfone groups is 1. The summed E-state index contributed by atoms with van der Waals surface area (Å²) in [5.74, 6) is 0.243. The van der Waals surface area contributed by atoms with E-state index in [0.29, 0.717) is 6.42 Å². The quantitative estimate of drug-likeness (QED) is 0.713. The first-order valence-corrected chi connectivity index (χ1v) is 11.0. The Labute approximate surface area is 152 Å². The van der Waals surface area contributed by atoms with E-state index in [1.807, 2.05) is 29.2 Å². The normalized spacial score (nSPS) is 23.8. The van der Waals surface area contributed by atoms with Crippen LogP contribution in [-0.2, 0) is 14.6 Å². The van der Waals surface area contributed by atoms with E-state index in [0.717, 1.165) is 35.7 Å². The Morgan fingerprint density at radius 3 is 2.54 bits per heavy atom. The van der Waals surface area contributed by atoms with E-state index >= 15 is 0 Å². The van der Waals surface area contributed by atoms with E-state index in [2.05, 4.69) is 15.9 Å². The van der Waals surface area contributed by atoms with Crippen LogP contribution >= 0.6 is 15.9 Å². The molecule has 1 unspecified atom stereocenters. The number of carbonyl (C=O) groups excluding carboxylic acids is 1. The molecule has 1 aliphatic heterocycles. The Morgan fingerprint density at radius 2 is 1.92 bits per heavy atom. The van der Waals surface area contributed by atoms with Crippen molar-refractivity contribution in [3.05, 3.63) is 40.4 Å². The van der Waals surface area contributed by atoms with Crippen LogP contribution in [0.4, 0.5) is 0 Å². The molecule has 1 heterocycles. The molecule has 1 atom stereocenters. The monoisotopic (exact) mass is 411 g/mol. The molecule has 6 heteroatoms. The van der Waals surface area contributed by atoms with E-state index in [1.165, 1.54) is 0 Å². The lowest BCUT2D eigenvalue weighted by Crippen LogP contribution is -2.46. The highest BCUT2D eigenvalue weighted by atomic mass is 79.9. The molecular weight excluding hydrogens is 390 g/mol. The zero-order chi connectivity index (χ0) is 17.2. The van der Waals surface area contributed by atoms with E-state index in [1.54, 1.807) is 12.2 Å². The molecule has 3 rings (SSSR count). The third-order valence-corrected chi connectivity index (χ3v) is 7.08. The van der Waals surface area contributed by atoms with Gasteiger partial charge in [0.25, 0.3) is 0 Å². The van der Waals surface area contributed by atoms with E-state index in [-0.39, 0.29) is 29.5 Å². The Hall–Kier alpha value is -1.14. The number of benzene rings is 1. The number of rotatable bonds is 4. The maximum Gasteiger partial charge on any atom is 0.247 e. The zero-order valence-corrected chi connectivity index (χ0v) is 15.9. The van der Waals surface area contributed by atoms with E-state index in [9.17, 15) is 13.2 Å². The number of hydrogen-bond acceptors (Lipinski definition) is 3. The first kappa shape index (κ1) is 17.7. The molecule has 0 N–H and O–H groups in total. The average Bonchev–Trinajstić information content (AvgIpc) is 3.16. The van der Waals surface area contributed by atoms with Crippen LogP contribution in [0.5, 0.6) is 0 Å². The number of halogens is 1. The van der Waals surface area contributed by atoms with Crippen molar-refractivity contribution in [1.29, 1.82) is 0 Å². The van der Waals surface area contributed by atoms with Crippen molar-refractivity contribution in [2.45, 2.75) is 44.2 Å². The topological polar surface area (TPSA) is 54.5 Å². The zero-order valence-electron chi connectivity index (χ0n) is 13.5. The molecule has 0 aromatic heterocycles. The minimum Gasteiger partial charge on any atom is -0.332 e. The van der Waals surface area contributed by atoms with Crippen LogP contribution in [0, 0.1) is 0 Å². The number of nitrogens with zero attached hydrogens (tertiary/aromatic N) is 1. The number of hydrogen-bond donors (Lipinski definition) is 0. The van der Waals surface area contributed by atoms with Gasteiger partial charge in [0.05, 0.1) is 11.5 Å². The maximum atomic E-state index is 12.8. The Kier molecular flexibility index (Phi) is 5.45. The molecule has 2 fully saturated rings. The van der Waals surface area contributed by atoms with Crippen molar-refractivity contribution < 1.29 is 13.2 Å². The summed E-state index contributed by atoms with van der Waals surface area (Å²) in [6, 6.07) is 7.76. The highest BCUT2D eigenvalue weighted by Crippen LogP contribution is 2.29. The first-order chi connectivity index (χ1) is 11.4. The van der Waals surface area contributed by atoms with Crippen LogP contribution in [0.3, 0.4) is 0 Å². The SMILES string of the molecule is O=C(/C=C/c1cccc(Br)c1)N(C1CCCC1)C1CCS(=O)(=O)C1. The molecule has 1 saturated heterocycles. The second-order valence-corrected chi connectivity index (χ2v) is 9.77. The molecule has 0 bridgehead atoms. The lowest BCUT2D eigenvalue weighted by atomic mass is 10.1. The summed E-state index contributed by atoms with van der Waals surface area (Å²) < 4.78 is 24.6. The van der Waals surface area contributed by atoms with Crippen LogP contribution in [0.25, 0.3) is 6.08 Å². The molecule has 0 radical (unpaired) electrons. The van der Waals surface area contributed by atoms with Gasteiger partial charge in [-0.3, -0.25) is 4.79 Å². The van der Waals surface area contributed by atoms with Gasteiger partial charge in [-0.15, -0.1) is 0 Å². The fraction of sp³-hybridized carbons (Fsp3) is 0.500.